The van der Waals surface area contributed by atoms with E-state index in [1.165, 1.54) is 19.3 Å². The molecule has 0 aromatic heterocycles. The van der Waals surface area contributed by atoms with Crippen LogP contribution in [0.1, 0.15) is 37.8 Å². The highest BCUT2D eigenvalue weighted by Crippen LogP contribution is 2.32. The molecule has 1 atom stereocenters. The van der Waals surface area contributed by atoms with Gasteiger partial charge in [0.15, 0.2) is 11.5 Å². The zero-order valence-electron chi connectivity index (χ0n) is 12.3. The van der Waals surface area contributed by atoms with Crippen LogP contribution >= 0.6 is 0 Å². The van der Waals surface area contributed by atoms with E-state index in [-0.39, 0.29) is 6.04 Å². The van der Waals surface area contributed by atoms with E-state index in [2.05, 4.69) is 11.0 Å². The molecule has 0 amide bonds. The van der Waals surface area contributed by atoms with Crippen LogP contribution in [0.5, 0.6) is 11.5 Å². The van der Waals surface area contributed by atoms with Crippen molar-refractivity contribution in [1.29, 1.82) is 5.26 Å². The second-order valence-corrected chi connectivity index (χ2v) is 4.97. The van der Waals surface area contributed by atoms with Gasteiger partial charge in [0.05, 0.1) is 19.8 Å². The minimum atomic E-state index is -0.195. The maximum absolute atomic E-state index is 9.50. The van der Waals surface area contributed by atoms with E-state index in [9.17, 15) is 5.26 Å². The zero-order chi connectivity index (χ0) is 14.4. The van der Waals surface area contributed by atoms with Crippen LogP contribution < -0.4 is 9.47 Å². The molecule has 0 aliphatic carbocycles. The summed E-state index contributed by atoms with van der Waals surface area (Å²) in [6.45, 7) is 4.53. The second kappa shape index (κ2) is 7.16. The summed E-state index contributed by atoms with van der Waals surface area (Å²) in [5, 5.41) is 9.50. The van der Waals surface area contributed by atoms with E-state index in [0.29, 0.717) is 12.4 Å². The van der Waals surface area contributed by atoms with Gasteiger partial charge in [-0.1, -0.05) is 12.5 Å². The number of methoxy groups -OCH3 is 1. The summed E-state index contributed by atoms with van der Waals surface area (Å²) < 4.78 is 10.9. The van der Waals surface area contributed by atoms with Gasteiger partial charge in [0.25, 0.3) is 0 Å². The lowest BCUT2D eigenvalue weighted by Crippen LogP contribution is -2.33. The van der Waals surface area contributed by atoms with Crippen LogP contribution in [0.25, 0.3) is 0 Å². The summed E-state index contributed by atoms with van der Waals surface area (Å²) in [5.41, 5.74) is 0.981. The van der Waals surface area contributed by atoms with Gasteiger partial charge in [-0.15, -0.1) is 0 Å². The summed E-state index contributed by atoms with van der Waals surface area (Å²) in [6, 6.07) is 8.01. The van der Waals surface area contributed by atoms with Gasteiger partial charge < -0.3 is 9.47 Å². The van der Waals surface area contributed by atoms with Crippen LogP contribution in [0.2, 0.25) is 0 Å². The molecule has 2 rings (SSSR count). The lowest BCUT2D eigenvalue weighted by molar-refractivity contribution is 0.195. The number of hydrogen-bond donors (Lipinski definition) is 0. The molecule has 1 heterocycles. The van der Waals surface area contributed by atoms with Crippen LogP contribution in [-0.4, -0.2) is 31.7 Å². The van der Waals surface area contributed by atoms with Gasteiger partial charge in [-0.25, -0.2) is 0 Å². The summed E-state index contributed by atoms with van der Waals surface area (Å²) >= 11 is 0. The molecule has 108 valence electrons. The van der Waals surface area contributed by atoms with Crippen LogP contribution in [-0.2, 0) is 0 Å². The Balaban J connectivity index is 2.23. The van der Waals surface area contributed by atoms with E-state index >= 15 is 0 Å². The standard InChI is InChI=1S/C16H22N2O2/c1-3-20-15-8-7-13(11-16(15)19-2)14(12-17)18-9-5-4-6-10-18/h7-8,11,14H,3-6,9-10H2,1-2H3/t14-/m1/s1. The first-order valence-electron chi connectivity index (χ1n) is 7.24. The predicted octanol–water partition coefficient (Wildman–Crippen LogP) is 3.14. The van der Waals surface area contributed by atoms with E-state index in [4.69, 9.17) is 9.47 Å². The average molecular weight is 274 g/mol. The van der Waals surface area contributed by atoms with Crippen molar-refractivity contribution in [3.05, 3.63) is 23.8 Å². The minimum absolute atomic E-state index is 0.195. The van der Waals surface area contributed by atoms with Gasteiger partial charge in [-0.05, 0) is 50.6 Å². The predicted molar refractivity (Wildman–Crippen MR) is 77.9 cm³/mol. The van der Waals surface area contributed by atoms with Crippen molar-refractivity contribution in [2.75, 3.05) is 26.8 Å². The Morgan fingerprint density at radius 1 is 1.25 bits per heavy atom. The number of benzene rings is 1. The highest BCUT2D eigenvalue weighted by Gasteiger charge is 2.23. The molecule has 1 aliphatic rings. The van der Waals surface area contributed by atoms with Crippen LogP contribution in [0.15, 0.2) is 18.2 Å². The maximum atomic E-state index is 9.50. The Morgan fingerprint density at radius 2 is 2.00 bits per heavy atom. The molecule has 4 nitrogen and oxygen atoms in total. The van der Waals surface area contributed by atoms with Gasteiger partial charge in [-0.2, -0.15) is 5.26 Å². The monoisotopic (exact) mass is 274 g/mol. The molecule has 0 N–H and O–H groups in total. The van der Waals surface area contributed by atoms with Crippen LogP contribution in [0, 0.1) is 11.3 Å². The molecule has 1 aromatic rings. The minimum Gasteiger partial charge on any atom is -0.493 e. The quantitative estimate of drug-likeness (QED) is 0.827. The number of hydrogen-bond acceptors (Lipinski definition) is 4. The molecule has 0 spiro atoms. The fraction of sp³-hybridized carbons (Fsp3) is 0.562. The number of ether oxygens (including phenoxy) is 2. The summed E-state index contributed by atoms with van der Waals surface area (Å²) in [7, 11) is 1.63. The van der Waals surface area contributed by atoms with Gasteiger partial charge in [0, 0.05) is 0 Å². The summed E-state index contributed by atoms with van der Waals surface area (Å²) in [5.74, 6) is 1.43. The largest absolute Gasteiger partial charge is 0.493 e. The van der Waals surface area contributed by atoms with Crippen molar-refractivity contribution in [1.82, 2.24) is 4.90 Å². The van der Waals surface area contributed by atoms with Crippen molar-refractivity contribution in [2.24, 2.45) is 0 Å². The summed E-state index contributed by atoms with van der Waals surface area (Å²) in [6.07, 6.45) is 3.61. The highest BCUT2D eigenvalue weighted by atomic mass is 16.5. The van der Waals surface area contributed by atoms with Gasteiger partial charge in [0.2, 0.25) is 0 Å². The van der Waals surface area contributed by atoms with Crippen molar-refractivity contribution in [3.8, 4) is 17.6 Å². The van der Waals surface area contributed by atoms with Crippen molar-refractivity contribution in [2.45, 2.75) is 32.2 Å². The third-order valence-electron chi connectivity index (χ3n) is 3.68. The fourth-order valence-electron chi connectivity index (χ4n) is 2.67. The Labute approximate surface area is 120 Å². The molecule has 0 radical (unpaired) electrons. The van der Waals surface area contributed by atoms with Crippen molar-refractivity contribution >= 4 is 0 Å². The smallest absolute Gasteiger partial charge is 0.161 e. The van der Waals surface area contributed by atoms with E-state index in [1.807, 2.05) is 25.1 Å². The molecule has 1 aromatic carbocycles. The van der Waals surface area contributed by atoms with E-state index < -0.39 is 0 Å². The first-order chi connectivity index (χ1) is 9.80. The molecule has 0 unspecified atom stereocenters. The molecular weight excluding hydrogens is 252 g/mol. The third-order valence-corrected chi connectivity index (χ3v) is 3.68. The molecule has 0 bridgehead atoms. The number of nitrogens with zero attached hydrogens (tertiary/aromatic N) is 2. The van der Waals surface area contributed by atoms with E-state index in [1.54, 1.807) is 7.11 Å². The van der Waals surface area contributed by atoms with Gasteiger partial charge in [-0.3, -0.25) is 4.90 Å². The van der Waals surface area contributed by atoms with Crippen molar-refractivity contribution < 1.29 is 9.47 Å². The molecule has 1 fully saturated rings. The van der Waals surface area contributed by atoms with Gasteiger partial charge >= 0.3 is 0 Å². The topological polar surface area (TPSA) is 45.5 Å². The lowest BCUT2D eigenvalue weighted by Gasteiger charge is -2.30. The highest BCUT2D eigenvalue weighted by molar-refractivity contribution is 5.44. The molecule has 20 heavy (non-hydrogen) atoms. The SMILES string of the molecule is CCOc1ccc([C@@H](C#N)N2CCCCC2)cc1OC. The molecule has 0 saturated carbocycles. The fourth-order valence-corrected chi connectivity index (χ4v) is 2.67. The second-order valence-electron chi connectivity index (χ2n) is 4.97. The maximum Gasteiger partial charge on any atom is 0.161 e. The third kappa shape index (κ3) is 3.23. The number of rotatable bonds is 5. The number of nitriles is 1. The van der Waals surface area contributed by atoms with Crippen molar-refractivity contribution in [3.63, 3.8) is 0 Å². The molecule has 4 heteroatoms. The first-order valence-corrected chi connectivity index (χ1v) is 7.24. The van der Waals surface area contributed by atoms with Crippen LogP contribution in [0.4, 0.5) is 0 Å². The molecular formula is C16H22N2O2. The van der Waals surface area contributed by atoms with Gasteiger partial charge in [0.1, 0.15) is 6.04 Å². The number of likely N-dealkylation sites (tertiary alicyclic amines) is 1. The first kappa shape index (κ1) is 14.7. The Hall–Kier alpha value is -1.73. The van der Waals surface area contributed by atoms with E-state index in [0.717, 1.165) is 24.4 Å². The zero-order valence-corrected chi connectivity index (χ0v) is 12.3. The Kier molecular flexibility index (Phi) is 5.25. The Morgan fingerprint density at radius 3 is 2.60 bits per heavy atom. The summed E-state index contributed by atoms with van der Waals surface area (Å²) in [4.78, 5) is 2.25. The van der Waals surface area contributed by atoms with Crippen LogP contribution in [0.3, 0.4) is 0 Å². The molecule has 1 aliphatic heterocycles. The Bertz CT molecular complexity index is 476. The number of piperidine rings is 1. The normalized spacial score (nSPS) is 17.2. The lowest BCUT2D eigenvalue weighted by atomic mass is 10.0. The molecule has 1 saturated heterocycles. The average Bonchev–Trinajstić information content (AvgIpc) is 2.50.